The van der Waals surface area contributed by atoms with Crippen LogP contribution in [-0.4, -0.2) is 36.8 Å². The number of benzene rings is 1. The molecule has 0 aromatic heterocycles. The Morgan fingerprint density at radius 2 is 2.05 bits per heavy atom. The molecule has 0 radical (unpaired) electrons. The molecule has 0 saturated carbocycles. The smallest absolute Gasteiger partial charge is 0.407 e. The number of nitrogens with zero attached hydrogens (tertiary/aromatic N) is 2. The van der Waals surface area contributed by atoms with E-state index in [4.69, 9.17) is 4.74 Å². The molecule has 1 N–H and O–H groups in total. The van der Waals surface area contributed by atoms with Crippen LogP contribution in [0.3, 0.4) is 0 Å². The van der Waals surface area contributed by atoms with E-state index in [0.717, 1.165) is 19.5 Å². The van der Waals surface area contributed by atoms with Crippen LogP contribution in [0.25, 0.3) is 0 Å². The van der Waals surface area contributed by atoms with Gasteiger partial charge in [0, 0.05) is 26.7 Å². The maximum atomic E-state index is 11.5. The van der Waals surface area contributed by atoms with Gasteiger partial charge in [-0.05, 0) is 38.8 Å². The molecule has 0 fully saturated rings. The summed E-state index contributed by atoms with van der Waals surface area (Å²) in [5.74, 6) is 0. The first-order valence-corrected chi connectivity index (χ1v) is 7.40. The van der Waals surface area contributed by atoms with E-state index < -0.39 is 5.60 Å². The molecule has 1 aromatic carbocycles. The normalized spacial score (nSPS) is 15.0. The number of rotatable bonds is 4. The van der Waals surface area contributed by atoms with E-state index >= 15 is 0 Å². The largest absolute Gasteiger partial charge is 0.444 e. The lowest BCUT2D eigenvalue weighted by molar-refractivity contribution is 0.0525. The summed E-state index contributed by atoms with van der Waals surface area (Å²) in [6.45, 7) is 8.05. The fourth-order valence-corrected chi connectivity index (χ4v) is 2.41. The number of para-hydroxylation sites is 1. The van der Waals surface area contributed by atoms with Crippen LogP contribution < -0.4 is 10.3 Å². The van der Waals surface area contributed by atoms with Gasteiger partial charge < -0.3 is 15.1 Å². The first kappa shape index (κ1) is 15.6. The maximum Gasteiger partial charge on any atom is 0.407 e. The number of hydrogen-bond donors (Lipinski definition) is 1. The zero-order valence-corrected chi connectivity index (χ0v) is 13.3. The molecule has 21 heavy (non-hydrogen) atoms. The van der Waals surface area contributed by atoms with Crippen LogP contribution >= 0.6 is 0 Å². The molecular formula is C16H25N3O2. The molecule has 1 heterocycles. The Kier molecular flexibility index (Phi) is 4.73. The number of anilines is 1. The summed E-state index contributed by atoms with van der Waals surface area (Å²) in [5, 5.41) is 7.26. The third-order valence-electron chi connectivity index (χ3n) is 3.38. The van der Waals surface area contributed by atoms with Gasteiger partial charge in [-0.25, -0.2) is 9.80 Å². The van der Waals surface area contributed by atoms with E-state index in [1.807, 2.05) is 20.8 Å². The first-order chi connectivity index (χ1) is 9.87. The molecule has 5 heteroatoms. The molecular weight excluding hydrogens is 266 g/mol. The van der Waals surface area contributed by atoms with E-state index in [0.29, 0.717) is 6.54 Å². The van der Waals surface area contributed by atoms with Crippen molar-refractivity contribution in [3.63, 3.8) is 0 Å². The predicted octanol–water partition coefficient (Wildman–Crippen LogP) is 2.77. The molecule has 1 aliphatic heterocycles. The summed E-state index contributed by atoms with van der Waals surface area (Å²) in [7, 11) is 2.08. The van der Waals surface area contributed by atoms with E-state index in [1.165, 1.54) is 11.3 Å². The van der Waals surface area contributed by atoms with Gasteiger partial charge in [-0.3, -0.25) is 0 Å². The van der Waals surface area contributed by atoms with Gasteiger partial charge in [-0.2, -0.15) is 0 Å². The summed E-state index contributed by atoms with van der Waals surface area (Å²) in [4.78, 5) is 11.5. The minimum absolute atomic E-state index is 0.347. The number of hydrazine groups is 1. The van der Waals surface area contributed by atoms with E-state index in [2.05, 4.69) is 46.6 Å². The van der Waals surface area contributed by atoms with Gasteiger partial charge in [-0.15, -0.1) is 0 Å². The topological polar surface area (TPSA) is 44.8 Å². The van der Waals surface area contributed by atoms with Crippen LogP contribution in [0.2, 0.25) is 0 Å². The summed E-state index contributed by atoms with van der Waals surface area (Å²) in [6, 6.07) is 8.42. The lowest BCUT2D eigenvalue weighted by Gasteiger charge is -2.26. The maximum absolute atomic E-state index is 11.5. The second-order valence-electron chi connectivity index (χ2n) is 6.32. The number of hydrogen-bond acceptors (Lipinski definition) is 4. The molecule has 0 spiro atoms. The summed E-state index contributed by atoms with van der Waals surface area (Å²) >= 11 is 0. The highest BCUT2D eigenvalue weighted by Gasteiger charge is 2.23. The molecule has 0 bridgehead atoms. The Hall–Kier alpha value is -1.75. The Labute approximate surface area is 126 Å². The number of ether oxygens (including phenoxy) is 1. The number of amides is 1. The SMILES string of the molecule is CN1c2ccccc2CN1CCCNC(=O)OC(C)(C)C. The van der Waals surface area contributed by atoms with Crippen LogP contribution in [-0.2, 0) is 11.3 Å². The highest BCUT2D eigenvalue weighted by molar-refractivity contribution is 5.67. The first-order valence-electron chi connectivity index (χ1n) is 7.40. The van der Waals surface area contributed by atoms with Gasteiger partial charge in [0.15, 0.2) is 0 Å². The number of carbonyl (C=O) groups excluding carboxylic acids is 1. The highest BCUT2D eigenvalue weighted by Crippen LogP contribution is 2.29. The Morgan fingerprint density at radius 3 is 2.71 bits per heavy atom. The van der Waals surface area contributed by atoms with Crippen molar-refractivity contribution in [3.8, 4) is 0 Å². The van der Waals surface area contributed by atoms with Crippen LogP contribution in [0, 0.1) is 0 Å². The molecule has 1 amide bonds. The van der Waals surface area contributed by atoms with Crippen LogP contribution in [0.15, 0.2) is 24.3 Å². The summed E-state index contributed by atoms with van der Waals surface area (Å²) in [5.41, 5.74) is 2.17. The van der Waals surface area contributed by atoms with Crippen molar-refractivity contribution in [2.24, 2.45) is 0 Å². The molecule has 5 nitrogen and oxygen atoms in total. The van der Waals surface area contributed by atoms with Crippen molar-refractivity contribution in [3.05, 3.63) is 29.8 Å². The standard InChI is InChI=1S/C16H25N3O2/c1-16(2,3)21-15(20)17-10-7-11-19-12-13-8-5-6-9-14(13)18(19)4/h5-6,8-9H,7,10-12H2,1-4H3,(H,17,20). The lowest BCUT2D eigenvalue weighted by atomic mass is 10.2. The second-order valence-corrected chi connectivity index (χ2v) is 6.32. The van der Waals surface area contributed by atoms with Crippen molar-refractivity contribution in [1.82, 2.24) is 10.3 Å². The van der Waals surface area contributed by atoms with Crippen molar-refractivity contribution >= 4 is 11.8 Å². The van der Waals surface area contributed by atoms with Crippen LogP contribution in [0.5, 0.6) is 0 Å². The third-order valence-corrected chi connectivity index (χ3v) is 3.38. The van der Waals surface area contributed by atoms with Crippen molar-refractivity contribution < 1.29 is 9.53 Å². The fourth-order valence-electron chi connectivity index (χ4n) is 2.41. The Bertz CT molecular complexity index is 497. The van der Waals surface area contributed by atoms with Crippen molar-refractivity contribution in [2.75, 3.05) is 25.1 Å². The monoisotopic (exact) mass is 291 g/mol. The molecule has 1 aliphatic rings. The van der Waals surface area contributed by atoms with Gasteiger partial charge in [0.05, 0.1) is 5.69 Å². The summed E-state index contributed by atoms with van der Waals surface area (Å²) in [6.07, 6.45) is 0.540. The minimum atomic E-state index is -0.444. The molecule has 0 aliphatic carbocycles. The average Bonchev–Trinajstić information content (AvgIpc) is 2.70. The third kappa shape index (κ3) is 4.36. The molecule has 2 rings (SSSR count). The highest BCUT2D eigenvalue weighted by atomic mass is 16.6. The zero-order chi connectivity index (χ0) is 15.5. The van der Waals surface area contributed by atoms with Crippen LogP contribution in [0.4, 0.5) is 10.5 Å². The number of alkyl carbamates (subject to hydrolysis) is 1. The average molecular weight is 291 g/mol. The molecule has 116 valence electrons. The zero-order valence-electron chi connectivity index (χ0n) is 13.3. The molecule has 0 unspecified atom stereocenters. The quantitative estimate of drug-likeness (QED) is 0.866. The van der Waals surface area contributed by atoms with Gasteiger partial charge in [0.1, 0.15) is 5.60 Å². The number of carbonyl (C=O) groups is 1. The fraction of sp³-hybridized carbons (Fsp3) is 0.562. The molecule has 0 atom stereocenters. The van der Waals surface area contributed by atoms with Gasteiger partial charge in [0.2, 0.25) is 0 Å². The van der Waals surface area contributed by atoms with Gasteiger partial charge >= 0.3 is 6.09 Å². The Morgan fingerprint density at radius 1 is 1.33 bits per heavy atom. The Balaban J connectivity index is 1.70. The van der Waals surface area contributed by atoms with Gasteiger partial charge in [-0.1, -0.05) is 18.2 Å². The summed E-state index contributed by atoms with van der Waals surface area (Å²) < 4.78 is 5.21. The molecule has 0 saturated heterocycles. The van der Waals surface area contributed by atoms with E-state index in [9.17, 15) is 4.79 Å². The predicted molar refractivity (Wildman–Crippen MR) is 84.1 cm³/mol. The molecule has 1 aromatic rings. The lowest BCUT2D eigenvalue weighted by Crippen LogP contribution is -2.37. The van der Waals surface area contributed by atoms with Crippen LogP contribution in [0.1, 0.15) is 32.8 Å². The van der Waals surface area contributed by atoms with E-state index in [1.54, 1.807) is 0 Å². The number of fused-ring (bicyclic) bond motifs is 1. The second kappa shape index (κ2) is 6.35. The van der Waals surface area contributed by atoms with Gasteiger partial charge in [0.25, 0.3) is 0 Å². The minimum Gasteiger partial charge on any atom is -0.444 e. The number of nitrogens with one attached hydrogen (secondary N) is 1. The van der Waals surface area contributed by atoms with Crippen molar-refractivity contribution in [2.45, 2.75) is 39.3 Å². The van der Waals surface area contributed by atoms with Crippen molar-refractivity contribution in [1.29, 1.82) is 0 Å². The van der Waals surface area contributed by atoms with E-state index in [-0.39, 0.29) is 6.09 Å².